The predicted octanol–water partition coefficient (Wildman–Crippen LogP) is 3.02. The normalized spacial score (nSPS) is 24.0. The molecule has 1 saturated heterocycles. The van der Waals surface area contributed by atoms with Crippen molar-refractivity contribution in [2.45, 2.75) is 33.9 Å². The molecule has 1 aliphatic heterocycles. The predicted molar refractivity (Wildman–Crippen MR) is 77.4 cm³/mol. The lowest BCUT2D eigenvalue weighted by molar-refractivity contribution is 0.310. The lowest BCUT2D eigenvalue weighted by Crippen LogP contribution is -2.21. The van der Waals surface area contributed by atoms with Crippen molar-refractivity contribution in [3.05, 3.63) is 35.1 Å². The fraction of sp³-hybridized carbons (Fsp3) is 0.625. The van der Waals surface area contributed by atoms with Crippen LogP contribution < -0.4 is 5.32 Å². The highest BCUT2D eigenvalue weighted by Gasteiger charge is 2.26. The Balaban J connectivity index is 2.02. The van der Waals surface area contributed by atoms with E-state index < -0.39 is 0 Å². The van der Waals surface area contributed by atoms with E-state index in [1.807, 2.05) is 12.1 Å². The van der Waals surface area contributed by atoms with Gasteiger partial charge in [0.1, 0.15) is 5.82 Å². The Morgan fingerprint density at radius 1 is 1.26 bits per heavy atom. The Morgan fingerprint density at radius 2 is 1.95 bits per heavy atom. The second kappa shape index (κ2) is 6.49. The highest BCUT2D eigenvalue weighted by molar-refractivity contribution is 5.25. The van der Waals surface area contributed by atoms with E-state index in [1.165, 1.54) is 5.56 Å². The van der Waals surface area contributed by atoms with Gasteiger partial charge in [-0.15, -0.1) is 0 Å². The Labute approximate surface area is 116 Å². The molecule has 1 fully saturated rings. The second-order valence-corrected chi connectivity index (χ2v) is 5.85. The minimum Gasteiger partial charge on any atom is -0.313 e. The Morgan fingerprint density at radius 3 is 2.58 bits per heavy atom. The van der Waals surface area contributed by atoms with Gasteiger partial charge in [-0.25, -0.2) is 4.39 Å². The number of likely N-dealkylation sites (tertiary alicyclic amines) is 1. The maximum Gasteiger partial charge on any atom is 0.127 e. The Kier molecular flexibility index (Phi) is 4.94. The molecule has 0 spiro atoms. The topological polar surface area (TPSA) is 15.3 Å². The molecule has 19 heavy (non-hydrogen) atoms. The van der Waals surface area contributed by atoms with E-state index in [9.17, 15) is 4.39 Å². The van der Waals surface area contributed by atoms with Crippen molar-refractivity contribution in [2.24, 2.45) is 11.8 Å². The van der Waals surface area contributed by atoms with Gasteiger partial charge < -0.3 is 5.32 Å². The zero-order chi connectivity index (χ0) is 13.8. The smallest absolute Gasteiger partial charge is 0.127 e. The van der Waals surface area contributed by atoms with Crippen molar-refractivity contribution in [3.8, 4) is 0 Å². The van der Waals surface area contributed by atoms with E-state index in [4.69, 9.17) is 0 Å². The lowest BCUT2D eigenvalue weighted by atomic mass is 10.0. The summed E-state index contributed by atoms with van der Waals surface area (Å²) >= 11 is 0. The van der Waals surface area contributed by atoms with Crippen LogP contribution >= 0.6 is 0 Å². The number of hydrogen-bond acceptors (Lipinski definition) is 2. The van der Waals surface area contributed by atoms with Crippen molar-refractivity contribution in [2.75, 3.05) is 19.6 Å². The molecule has 2 nitrogen and oxygen atoms in total. The quantitative estimate of drug-likeness (QED) is 0.879. The number of nitrogens with zero attached hydrogens (tertiary/aromatic N) is 1. The summed E-state index contributed by atoms with van der Waals surface area (Å²) in [5.74, 6) is 1.36. The van der Waals surface area contributed by atoms with Crippen LogP contribution in [0.3, 0.4) is 0 Å². The van der Waals surface area contributed by atoms with Crippen LogP contribution in [-0.4, -0.2) is 24.5 Å². The van der Waals surface area contributed by atoms with Crippen LogP contribution in [0.5, 0.6) is 0 Å². The van der Waals surface area contributed by atoms with E-state index in [1.54, 1.807) is 6.07 Å². The van der Waals surface area contributed by atoms with Crippen LogP contribution in [0.2, 0.25) is 0 Å². The summed E-state index contributed by atoms with van der Waals surface area (Å²) in [5.41, 5.74) is 2.00. The van der Waals surface area contributed by atoms with Crippen LogP contribution in [-0.2, 0) is 13.1 Å². The van der Waals surface area contributed by atoms with Crippen LogP contribution in [0.4, 0.5) is 4.39 Å². The first-order chi connectivity index (χ1) is 9.10. The molecule has 0 aliphatic carbocycles. The number of halogens is 1. The minimum absolute atomic E-state index is 0.0764. The van der Waals surface area contributed by atoms with Gasteiger partial charge in [0.15, 0.2) is 0 Å². The molecule has 0 amide bonds. The van der Waals surface area contributed by atoms with Gasteiger partial charge >= 0.3 is 0 Å². The van der Waals surface area contributed by atoms with Crippen molar-refractivity contribution in [1.29, 1.82) is 0 Å². The first-order valence-electron chi connectivity index (χ1n) is 7.30. The summed E-state index contributed by atoms with van der Waals surface area (Å²) in [6.45, 7) is 11.3. The molecule has 106 valence electrons. The maximum absolute atomic E-state index is 13.9. The van der Waals surface area contributed by atoms with Crippen LogP contribution in [0.25, 0.3) is 0 Å². The summed E-state index contributed by atoms with van der Waals surface area (Å²) in [5, 5.41) is 3.28. The lowest BCUT2D eigenvalue weighted by Gasteiger charge is -2.16. The van der Waals surface area contributed by atoms with E-state index in [0.29, 0.717) is 11.8 Å². The molecular formula is C16H25FN2. The summed E-state index contributed by atoms with van der Waals surface area (Å²) < 4.78 is 13.9. The third kappa shape index (κ3) is 3.77. The molecule has 1 aromatic rings. The largest absolute Gasteiger partial charge is 0.313 e. The van der Waals surface area contributed by atoms with Gasteiger partial charge in [-0.05, 0) is 30.0 Å². The summed E-state index contributed by atoms with van der Waals surface area (Å²) in [4.78, 5) is 2.37. The highest BCUT2D eigenvalue weighted by atomic mass is 19.1. The Bertz CT molecular complexity index is 409. The summed E-state index contributed by atoms with van der Waals surface area (Å²) in [7, 11) is 0. The highest BCUT2D eigenvalue weighted by Crippen LogP contribution is 2.24. The third-order valence-electron chi connectivity index (χ3n) is 4.15. The molecule has 0 bridgehead atoms. The van der Waals surface area contributed by atoms with Crippen LogP contribution in [0.1, 0.15) is 31.9 Å². The molecule has 3 heteroatoms. The van der Waals surface area contributed by atoms with E-state index in [0.717, 1.165) is 38.3 Å². The first kappa shape index (κ1) is 14.5. The number of benzene rings is 1. The molecule has 1 aromatic carbocycles. The minimum atomic E-state index is -0.0764. The monoisotopic (exact) mass is 264 g/mol. The van der Waals surface area contributed by atoms with Crippen molar-refractivity contribution in [1.82, 2.24) is 10.2 Å². The van der Waals surface area contributed by atoms with Gasteiger partial charge in [0, 0.05) is 31.7 Å². The molecule has 0 saturated carbocycles. The maximum atomic E-state index is 13.9. The van der Waals surface area contributed by atoms with Crippen LogP contribution in [0, 0.1) is 17.7 Å². The number of nitrogens with one attached hydrogen (secondary N) is 1. The SMILES string of the molecule is CCNCc1ccc(F)c(CN2CC(C)C(C)C2)c1. The molecular weight excluding hydrogens is 239 g/mol. The van der Waals surface area contributed by atoms with Gasteiger partial charge in [-0.3, -0.25) is 4.90 Å². The zero-order valence-corrected chi connectivity index (χ0v) is 12.2. The van der Waals surface area contributed by atoms with Crippen molar-refractivity contribution in [3.63, 3.8) is 0 Å². The molecule has 1 N–H and O–H groups in total. The molecule has 1 aliphatic rings. The second-order valence-electron chi connectivity index (χ2n) is 5.85. The molecule has 2 unspecified atom stereocenters. The summed E-state index contributed by atoms with van der Waals surface area (Å²) in [6, 6.07) is 5.48. The molecule has 2 rings (SSSR count). The fourth-order valence-electron chi connectivity index (χ4n) is 2.75. The van der Waals surface area contributed by atoms with Gasteiger partial charge in [0.25, 0.3) is 0 Å². The third-order valence-corrected chi connectivity index (χ3v) is 4.15. The number of hydrogen-bond donors (Lipinski definition) is 1. The zero-order valence-electron chi connectivity index (χ0n) is 12.2. The fourth-order valence-corrected chi connectivity index (χ4v) is 2.75. The van der Waals surface area contributed by atoms with Crippen molar-refractivity contribution >= 4 is 0 Å². The average Bonchev–Trinajstić information content (AvgIpc) is 2.69. The standard InChI is InChI=1S/C16H25FN2/c1-4-18-8-14-5-6-16(17)15(7-14)11-19-9-12(2)13(3)10-19/h5-7,12-13,18H,4,8-11H2,1-3H3. The molecule has 0 radical (unpaired) electrons. The molecule has 0 aromatic heterocycles. The average molecular weight is 264 g/mol. The van der Waals surface area contributed by atoms with E-state index >= 15 is 0 Å². The summed E-state index contributed by atoms with van der Waals surface area (Å²) in [6.07, 6.45) is 0. The van der Waals surface area contributed by atoms with E-state index in [-0.39, 0.29) is 5.82 Å². The number of rotatable bonds is 5. The van der Waals surface area contributed by atoms with Gasteiger partial charge in [0.05, 0.1) is 0 Å². The first-order valence-corrected chi connectivity index (χ1v) is 7.30. The van der Waals surface area contributed by atoms with Crippen LogP contribution in [0.15, 0.2) is 18.2 Å². The molecule has 2 atom stereocenters. The van der Waals surface area contributed by atoms with Gasteiger partial charge in [-0.2, -0.15) is 0 Å². The van der Waals surface area contributed by atoms with E-state index in [2.05, 4.69) is 31.0 Å². The Hall–Kier alpha value is -0.930. The van der Waals surface area contributed by atoms with Gasteiger partial charge in [0.2, 0.25) is 0 Å². The molecule has 1 heterocycles. The van der Waals surface area contributed by atoms with Crippen molar-refractivity contribution < 1.29 is 4.39 Å². The van der Waals surface area contributed by atoms with Gasteiger partial charge in [-0.1, -0.05) is 32.9 Å².